The molecule has 34 heavy (non-hydrogen) atoms. The average Bonchev–Trinajstić information content (AvgIpc) is 2.77. The standard InChI is InChI=1S/C21H40N6O7/c1-4-11(2)17(27-19(31)16(24)12(3)28)20(32)25-13(7-5-6-10-22)18(30)26-14(21(33)34)8-9-15(23)29/h11-14,16-17,28H,4-10,22,24H2,1-3H3,(H2,23,29)(H,25,32)(H,26,30)(H,27,31)(H,33,34). The second-order valence-corrected chi connectivity index (χ2v) is 8.39. The molecule has 4 amide bonds. The van der Waals surface area contributed by atoms with Gasteiger partial charge in [-0.3, -0.25) is 19.2 Å². The summed E-state index contributed by atoms with van der Waals surface area (Å²) >= 11 is 0. The van der Waals surface area contributed by atoms with Crippen LogP contribution in [0.4, 0.5) is 0 Å². The third-order valence-corrected chi connectivity index (χ3v) is 5.49. The number of carbonyl (C=O) groups excluding carboxylic acids is 4. The summed E-state index contributed by atoms with van der Waals surface area (Å²) in [5.41, 5.74) is 16.2. The Hall–Kier alpha value is -2.77. The largest absolute Gasteiger partial charge is 0.480 e. The number of amides is 4. The summed E-state index contributed by atoms with van der Waals surface area (Å²) in [6.45, 7) is 5.25. The molecule has 0 rings (SSSR count). The number of aliphatic hydroxyl groups excluding tert-OH is 1. The number of rotatable bonds is 17. The van der Waals surface area contributed by atoms with Gasteiger partial charge in [0.2, 0.25) is 23.6 Å². The van der Waals surface area contributed by atoms with E-state index in [0.29, 0.717) is 25.8 Å². The number of hydrogen-bond donors (Lipinski definition) is 8. The summed E-state index contributed by atoms with van der Waals surface area (Å²) in [5.74, 6) is -4.53. The molecule has 0 spiro atoms. The number of hydrogen-bond acceptors (Lipinski definition) is 8. The highest BCUT2D eigenvalue weighted by molar-refractivity contribution is 5.94. The number of carboxylic acid groups (broad SMARTS) is 1. The van der Waals surface area contributed by atoms with Crippen molar-refractivity contribution in [3.63, 3.8) is 0 Å². The van der Waals surface area contributed by atoms with Crippen molar-refractivity contribution in [1.29, 1.82) is 0 Å². The number of primary amides is 1. The van der Waals surface area contributed by atoms with Gasteiger partial charge in [0.05, 0.1) is 6.10 Å². The normalized spacial score (nSPS) is 16.3. The lowest BCUT2D eigenvalue weighted by molar-refractivity contribution is -0.142. The SMILES string of the molecule is CCC(C)C(NC(=O)C(N)C(C)O)C(=O)NC(CCCCN)C(=O)NC(CCC(N)=O)C(=O)O. The third-order valence-electron chi connectivity index (χ3n) is 5.49. The molecule has 0 aromatic carbocycles. The van der Waals surface area contributed by atoms with E-state index in [2.05, 4.69) is 16.0 Å². The van der Waals surface area contributed by atoms with Crippen molar-refractivity contribution in [1.82, 2.24) is 16.0 Å². The van der Waals surface area contributed by atoms with Crippen molar-refractivity contribution < 1.29 is 34.2 Å². The monoisotopic (exact) mass is 488 g/mol. The Bertz CT molecular complexity index is 703. The second-order valence-electron chi connectivity index (χ2n) is 8.39. The van der Waals surface area contributed by atoms with Gasteiger partial charge >= 0.3 is 5.97 Å². The maximum absolute atomic E-state index is 13.0. The number of aliphatic carboxylic acids is 1. The zero-order chi connectivity index (χ0) is 26.4. The van der Waals surface area contributed by atoms with Crippen LogP contribution in [0, 0.1) is 5.92 Å². The van der Waals surface area contributed by atoms with E-state index in [0.717, 1.165) is 0 Å². The second kappa shape index (κ2) is 16.0. The summed E-state index contributed by atoms with van der Waals surface area (Å²) in [6, 6.07) is -4.77. The van der Waals surface area contributed by atoms with Crippen LogP contribution in [-0.2, 0) is 24.0 Å². The van der Waals surface area contributed by atoms with Gasteiger partial charge in [0.25, 0.3) is 0 Å². The van der Waals surface area contributed by atoms with E-state index in [9.17, 15) is 34.2 Å². The molecule has 13 heteroatoms. The van der Waals surface area contributed by atoms with E-state index in [1.165, 1.54) is 6.92 Å². The first-order valence-corrected chi connectivity index (χ1v) is 11.4. The van der Waals surface area contributed by atoms with E-state index >= 15 is 0 Å². The van der Waals surface area contributed by atoms with Gasteiger partial charge in [0, 0.05) is 6.42 Å². The maximum Gasteiger partial charge on any atom is 0.326 e. The lowest BCUT2D eigenvalue weighted by Crippen LogP contribution is -2.59. The lowest BCUT2D eigenvalue weighted by Gasteiger charge is -2.28. The fraction of sp³-hybridized carbons (Fsp3) is 0.762. The van der Waals surface area contributed by atoms with Crippen LogP contribution in [-0.4, -0.2) is 76.6 Å². The first-order valence-electron chi connectivity index (χ1n) is 11.4. The van der Waals surface area contributed by atoms with Crippen LogP contribution >= 0.6 is 0 Å². The van der Waals surface area contributed by atoms with Crippen LogP contribution in [0.25, 0.3) is 0 Å². The van der Waals surface area contributed by atoms with Crippen LogP contribution in [0.3, 0.4) is 0 Å². The predicted molar refractivity (Wildman–Crippen MR) is 124 cm³/mol. The molecule has 196 valence electrons. The molecule has 11 N–H and O–H groups in total. The zero-order valence-electron chi connectivity index (χ0n) is 20.1. The summed E-state index contributed by atoms with van der Waals surface area (Å²) < 4.78 is 0. The zero-order valence-corrected chi connectivity index (χ0v) is 20.1. The molecule has 0 heterocycles. The van der Waals surface area contributed by atoms with Gasteiger partial charge in [-0.25, -0.2) is 4.79 Å². The Morgan fingerprint density at radius 2 is 1.47 bits per heavy atom. The molecule has 0 saturated carbocycles. The molecule has 0 bridgehead atoms. The van der Waals surface area contributed by atoms with E-state index in [1.807, 2.05) is 6.92 Å². The first kappa shape index (κ1) is 31.2. The summed E-state index contributed by atoms with van der Waals surface area (Å²) in [6.07, 6.45) is 0.144. The van der Waals surface area contributed by atoms with Gasteiger partial charge in [-0.2, -0.15) is 0 Å². The van der Waals surface area contributed by atoms with E-state index in [-0.39, 0.29) is 25.2 Å². The Morgan fingerprint density at radius 3 is 1.94 bits per heavy atom. The van der Waals surface area contributed by atoms with Crippen molar-refractivity contribution >= 4 is 29.6 Å². The van der Waals surface area contributed by atoms with Gasteiger partial charge in [-0.15, -0.1) is 0 Å². The molecule has 0 fully saturated rings. The first-order chi connectivity index (χ1) is 15.8. The van der Waals surface area contributed by atoms with Gasteiger partial charge in [0.1, 0.15) is 24.2 Å². The van der Waals surface area contributed by atoms with Crippen molar-refractivity contribution in [2.24, 2.45) is 23.1 Å². The highest BCUT2D eigenvalue weighted by Gasteiger charge is 2.33. The Labute approximate surface area is 199 Å². The van der Waals surface area contributed by atoms with Gasteiger partial charge < -0.3 is 43.4 Å². The number of carbonyl (C=O) groups is 5. The Balaban J connectivity index is 5.58. The molecule has 0 radical (unpaired) electrons. The number of nitrogens with two attached hydrogens (primary N) is 3. The van der Waals surface area contributed by atoms with Crippen LogP contribution in [0.1, 0.15) is 59.3 Å². The highest BCUT2D eigenvalue weighted by atomic mass is 16.4. The number of aliphatic hydroxyl groups is 1. The minimum Gasteiger partial charge on any atom is -0.480 e. The van der Waals surface area contributed by atoms with Gasteiger partial charge in [0.15, 0.2) is 0 Å². The fourth-order valence-electron chi connectivity index (χ4n) is 3.01. The van der Waals surface area contributed by atoms with Crippen LogP contribution in [0.2, 0.25) is 0 Å². The number of carboxylic acids is 1. The molecule has 13 nitrogen and oxygen atoms in total. The van der Waals surface area contributed by atoms with Gasteiger partial charge in [-0.05, 0) is 45.1 Å². The minimum absolute atomic E-state index is 0.172. The smallest absolute Gasteiger partial charge is 0.326 e. The highest BCUT2D eigenvalue weighted by Crippen LogP contribution is 2.11. The lowest BCUT2D eigenvalue weighted by atomic mass is 9.96. The topological polar surface area (TPSA) is 240 Å². The van der Waals surface area contributed by atoms with Crippen molar-refractivity contribution in [3.05, 3.63) is 0 Å². The molecular formula is C21H40N6O7. The van der Waals surface area contributed by atoms with Gasteiger partial charge in [-0.1, -0.05) is 20.3 Å². The maximum atomic E-state index is 13.0. The minimum atomic E-state index is -1.37. The van der Waals surface area contributed by atoms with Crippen molar-refractivity contribution in [2.45, 2.75) is 89.6 Å². The van der Waals surface area contributed by atoms with Crippen LogP contribution < -0.4 is 33.2 Å². The van der Waals surface area contributed by atoms with E-state index in [4.69, 9.17) is 17.2 Å². The fourth-order valence-corrected chi connectivity index (χ4v) is 3.01. The molecule has 0 aliphatic heterocycles. The number of nitrogens with one attached hydrogen (secondary N) is 3. The van der Waals surface area contributed by atoms with Crippen LogP contribution in [0.15, 0.2) is 0 Å². The molecule has 6 atom stereocenters. The van der Waals surface area contributed by atoms with E-state index < -0.39 is 59.9 Å². The Kier molecular flexibility index (Phi) is 14.7. The van der Waals surface area contributed by atoms with Crippen LogP contribution in [0.5, 0.6) is 0 Å². The summed E-state index contributed by atoms with van der Waals surface area (Å²) in [5, 5.41) is 26.3. The molecule has 0 aliphatic carbocycles. The molecule has 6 unspecified atom stereocenters. The Morgan fingerprint density at radius 1 is 0.882 bits per heavy atom. The summed E-state index contributed by atoms with van der Waals surface area (Å²) in [7, 11) is 0. The quantitative estimate of drug-likeness (QED) is 0.102. The summed E-state index contributed by atoms with van der Waals surface area (Å²) in [4.78, 5) is 60.7. The predicted octanol–water partition coefficient (Wildman–Crippen LogP) is -2.33. The van der Waals surface area contributed by atoms with Crippen molar-refractivity contribution in [3.8, 4) is 0 Å². The molecular weight excluding hydrogens is 448 g/mol. The molecule has 0 saturated heterocycles. The molecule has 0 aliphatic rings. The number of unbranched alkanes of at least 4 members (excludes halogenated alkanes) is 1. The van der Waals surface area contributed by atoms with Crippen molar-refractivity contribution in [2.75, 3.05) is 6.54 Å². The average molecular weight is 489 g/mol. The molecule has 0 aromatic heterocycles. The van der Waals surface area contributed by atoms with E-state index in [1.54, 1.807) is 6.92 Å². The molecule has 0 aromatic rings. The third kappa shape index (κ3) is 11.4.